The Kier molecular flexibility index (Phi) is 4.71. The van der Waals surface area contributed by atoms with Crippen LogP contribution in [0, 0.1) is 5.41 Å². The van der Waals surface area contributed by atoms with Crippen LogP contribution < -0.4 is 11.1 Å². The van der Waals surface area contributed by atoms with Gasteiger partial charge < -0.3 is 16.0 Å². The molecule has 1 aliphatic heterocycles. The van der Waals surface area contributed by atoms with E-state index in [0.717, 1.165) is 26.2 Å². The van der Waals surface area contributed by atoms with Gasteiger partial charge in [0.1, 0.15) is 0 Å². The summed E-state index contributed by atoms with van der Waals surface area (Å²) < 4.78 is 0. The van der Waals surface area contributed by atoms with Gasteiger partial charge in [0, 0.05) is 43.0 Å². The van der Waals surface area contributed by atoms with Crippen molar-refractivity contribution in [1.29, 1.82) is 5.41 Å². The fraction of sp³-hybridized carbons (Fsp3) is 0.500. The molecule has 0 unspecified atom stereocenters. The predicted molar refractivity (Wildman–Crippen MR) is 89.2 cm³/mol. The first-order valence-electron chi connectivity index (χ1n) is 7.53. The third kappa shape index (κ3) is 3.98. The van der Waals surface area contributed by atoms with E-state index in [9.17, 15) is 4.79 Å². The minimum absolute atomic E-state index is 0.0583. The lowest BCUT2D eigenvalue weighted by Gasteiger charge is -2.42. The molecule has 0 aliphatic carbocycles. The molecule has 0 bridgehead atoms. The Labute approximate surface area is 131 Å². The third-order valence-electron chi connectivity index (χ3n) is 3.93. The zero-order valence-electron chi connectivity index (χ0n) is 13.5. The molecule has 22 heavy (non-hydrogen) atoms. The number of hydrogen-bond acceptors (Lipinski definition) is 3. The molecule has 0 spiro atoms. The number of nitrogens with two attached hydrogens (primary N) is 1. The van der Waals surface area contributed by atoms with Crippen LogP contribution >= 0.6 is 0 Å². The lowest BCUT2D eigenvalue weighted by molar-refractivity contribution is 0.0451. The van der Waals surface area contributed by atoms with Gasteiger partial charge in [-0.3, -0.25) is 15.1 Å². The van der Waals surface area contributed by atoms with Gasteiger partial charge in [0.05, 0.1) is 0 Å². The predicted octanol–water partition coefficient (Wildman–Crippen LogP) is 1.55. The van der Waals surface area contributed by atoms with Gasteiger partial charge in [-0.15, -0.1) is 0 Å². The molecular formula is C16H25N5O. The van der Waals surface area contributed by atoms with Gasteiger partial charge in [-0.1, -0.05) is 0 Å². The Hall–Kier alpha value is -2.08. The molecule has 1 aromatic rings. The fourth-order valence-electron chi connectivity index (χ4n) is 2.61. The van der Waals surface area contributed by atoms with Crippen LogP contribution in [0.1, 0.15) is 31.1 Å². The number of hydrogen-bond donors (Lipinski definition) is 3. The molecule has 120 valence electrons. The number of nitrogens with one attached hydrogen (secondary N) is 2. The summed E-state index contributed by atoms with van der Waals surface area (Å²) in [5, 5.41) is 9.89. The summed E-state index contributed by atoms with van der Waals surface area (Å²) in [5.41, 5.74) is 6.80. The van der Waals surface area contributed by atoms with Gasteiger partial charge in [-0.25, -0.2) is 0 Å². The molecule has 1 aromatic carbocycles. The summed E-state index contributed by atoms with van der Waals surface area (Å²) in [5.74, 6) is -0.0553. The molecule has 2 rings (SSSR count). The van der Waals surface area contributed by atoms with Crippen LogP contribution in [0.2, 0.25) is 0 Å². The maximum atomic E-state index is 12.5. The van der Waals surface area contributed by atoms with Crippen LogP contribution in [-0.4, -0.2) is 53.4 Å². The third-order valence-corrected chi connectivity index (χ3v) is 3.93. The van der Waals surface area contributed by atoms with E-state index in [-0.39, 0.29) is 17.4 Å². The number of piperazine rings is 1. The van der Waals surface area contributed by atoms with Crippen molar-refractivity contribution in [3.63, 3.8) is 0 Å². The molecule has 0 atom stereocenters. The molecule has 1 saturated heterocycles. The van der Waals surface area contributed by atoms with Crippen molar-refractivity contribution in [3.05, 3.63) is 29.8 Å². The van der Waals surface area contributed by atoms with Crippen molar-refractivity contribution >= 4 is 17.6 Å². The van der Waals surface area contributed by atoms with Gasteiger partial charge in [0.2, 0.25) is 0 Å². The summed E-state index contributed by atoms with van der Waals surface area (Å²) >= 11 is 0. The fourth-order valence-corrected chi connectivity index (χ4v) is 2.61. The molecule has 0 aromatic heterocycles. The highest BCUT2D eigenvalue weighted by atomic mass is 16.2. The molecule has 0 saturated carbocycles. The van der Waals surface area contributed by atoms with Crippen molar-refractivity contribution in [2.75, 3.05) is 31.5 Å². The number of guanidine groups is 1. The van der Waals surface area contributed by atoms with Crippen LogP contribution in [0.4, 0.5) is 5.69 Å². The van der Waals surface area contributed by atoms with E-state index in [0.29, 0.717) is 11.3 Å². The summed E-state index contributed by atoms with van der Waals surface area (Å²) in [4.78, 5) is 16.8. The number of nitrogens with zero attached hydrogens (tertiary/aromatic N) is 2. The summed E-state index contributed by atoms with van der Waals surface area (Å²) in [6.07, 6.45) is 0. The topological polar surface area (TPSA) is 85.5 Å². The molecule has 6 nitrogen and oxygen atoms in total. The van der Waals surface area contributed by atoms with Crippen molar-refractivity contribution < 1.29 is 4.79 Å². The molecule has 6 heteroatoms. The second-order valence-corrected chi connectivity index (χ2v) is 6.57. The van der Waals surface area contributed by atoms with E-state index in [1.807, 2.05) is 4.90 Å². The van der Waals surface area contributed by atoms with Gasteiger partial charge in [-0.2, -0.15) is 0 Å². The SMILES string of the molecule is CC(C)(C)N1CCN(C(=O)c2ccc(NC(=N)N)cc2)CC1. The van der Waals surface area contributed by atoms with Gasteiger partial charge in [0.15, 0.2) is 5.96 Å². The normalized spacial score (nSPS) is 16.4. The van der Waals surface area contributed by atoms with E-state index in [1.165, 1.54) is 0 Å². The van der Waals surface area contributed by atoms with Crippen molar-refractivity contribution in [2.24, 2.45) is 5.73 Å². The van der Waals surface area contributed by atoms with Crippen LogP contribution in [0.25, 0.3) is 0 Å². The number of rotatable bonds is 2. The molecule has 1 amide bonds. The number of amides is 1. The molecular weight excluding hydrogens is 278 g/mol. The van der Waals surface area contributed by atoms with Gasteiger partial charge in [-0.05, 0) is 45.0 Å². The highest BCUT2D eigenvalue weighted by Gasteiger charge is 2.28. The Morgan fingerprint density at radius 3 is 2.14 bits per heavy atom. The van der Waals surface area contributed by atoms with Gasteiger partial charge in [0.25, 0.3) is 5.91 Å². The molecule has 4 N–H and O–H groups in total. The number of carbonyl (C=O) groups excluding carboxylic acids is 1. The standard InChI is InChI=1S/C16H25N5O/c1-16(2,3)21-10-8-20(9-11-21)14(22)12-4-6-13(7-5-12)19-15(17)18/h4-7H,8-11H2,1-3H3,(H4,17,18,19). The van der Waals surface area contributed by atoms with E-state index < -0.39 is 0 Å². The minimum Gasteiger partial charge on any atom is -0.370 e. The Morgan fingerprint density at radius 1 is 1.14 bits per heavy atom. The van der Waals surface area contributed by atoms with E-state index in [4.69, 9.17) is 11.1 Å². The highest BCUT2D eigenvalue weighted by Crippen LogP contribution is 2.18. The van der Waals surface area contributed by atoms with Crippen LogP contribution in [0.15, 0.2) is 24.3 Å². The Bertz CT molecular complexity index is 539. The second kappa shape index (κ2) is 6.36. The number of anilines is 1. The first-order valence-corrected chi connectivity index (χ1v) is 7.53. The zero-order valence-corrected chi connectivity index (χ0v) is 13.5. The van der Waals surface area contributed by atoms with Crippen molar-refractivity contribution in [2.45, 2.75) is 26.3 Å². The number of benzene rings is 1. The maximum absolute atomic E-state index is 12.5. The Morgan fingerprint density at radius 2 is 1.68 bits per heavy atom. The highest BCUT2D eigenvalue weighted by molar-refractivity contribution is 5.95. The lowest BCUT2D eigenvalue weighted by atomic mass is 10.0. The second-order valence-electron chi connectivity index (χ2n) is 6.57. The van der Waals surface area contributed by atoms with Crippen LogP contribution in [-0.2, 0) is 0 Å². The van der Waals surface area contributed by atoms with Crippen molar-refractivity contribution in [3.8, 4) is 0 Å². The molecule has 0 radical (unpaired) electrons. The van der Waals surface area contributed by atoms with Crippen LogP contribution in [0.3, 0.4) is 0 Å². The summed E-state index contributed by atoms with van der Waals surface area (Å²) in [6, 6.07) is 7.06. The molecule has 1 aliphatic rings. The first kappa shape index (κ1) is 16.3. The van der Waals surface area contributed by atoms with E-state index in [2.05, 4.69) is 31.0 Å². The zero-order chi connectivity index (χ0) is 16.3. The largest absolute Gasteiger partial charge is 0.370 e. The van der Waals surface area contributed by atoms with Crippen LogP contribution in [0.5, 0.6) is 0 Å². The summed E-state index contributed by atoms with van der Waals surface area (Å²) in [6.45, 7) is 9.91. The van der Waals surface area contributed by atoms with Gasteiger partial charge >= 0.3 is 0 Å². The minimum atomic E-state index is -0.114. The number of carbonyl (C=O) groups is 1. The Balaban J connectivity index is 1.96. The molecule has 1 fully saturated rings. The molecule has 1 heterocycles. The quantitative estimate of drug-likeness (QED) is 0.571. The summed E-state index contributed by atoms with van der Waals surface area (Å²) in [7, 11) is 0. The van der Waals surface area contributed by atoms with Crippen molar-refractivity contribution in [1.82, 2.24) is 9.80 Å². The first-order chi connectivity index (χ1) is 10.3. The van der Waals surface area contributed by atoms with E-state index >= 15 is 0 Å². The maximum Gasteiger partial charge on any atom is 0.253 e. The smallest absolute Gasteiger partial charge is 0.253 e. The average Bonchev–Trinajstić information content (AvgIpc) is 2.46. The average molecular weight is 303 g/mol. The van der Waals surface area contributed by atoms with E-state index in [1.54, 1.807) is 24.3 Å². The monoisotopic (exact) mass is 303 g/mol. The lowest BCUT2D eigenvalue weighted by Crippen LogP contribution is -2.54.